The van der Waals surface area contributed by atoms with Crippen LogP contribution in [0.1, 0.15) is 44.4 Å². The summed E-state index contributed by atoms with van der Waals surface area (Å²) in [4.78, 5) is 0. The highest BCUT2D eigenvalue weighted by Gasteiger charge is 2.51. The molecule has 120 valence electrons. The molecule has 1 aromatic carbocycles. The van der Waals surface area contributed by atoms with Gasteiger partial charge in [-0.2, -0.15) is 0 Å². The van der Waals surface area contributed by atoms with Gasteiger partial charge in [-0.25, -0.2) is 0 Å². The van der Waals surface area contributed by atoms with Crippen LogP contribution in [-0.2, 0) is 5.75 Å². The van der Waals surface area contributed by atoms with Gasteiger partial charge in [0.2, 0.25) is 11.8 Å². The molecule has 0 N–H and O–H groups in total. The molecular formula is C19H22N2OS. The fourth-order valence-electron chi connectivity index (χ4n) is 5.43. The van der Waals surface area contributed by atoms with Gasteiger partial charge in [0.15, 0.2) is 0 Å². The molecule has 4 aliphatic rings. The minimum absolute atomic E-state index is 0.510. The normalized spacial score (nSPS) is 34.9. The summed E-state index contributed by atoms with van der Waals surface area (Å²) >= 11 is 2.10. The zero-order chi connectivity index (χ0) is 15.3. The highest BCUT2D eigenvalue weighted by atomic mass is 32.2. The van der Waals surface area contributed by atoms with Crippen LogP contribution in [0, 0.1) is 17.8 Å². The lowest BCUT2D eigenvalue weighted by atomic mass is 9.56. The first kappa shape index (κ1) is 14.1. The highest BCUT2D eigenvalue weighted by molar-refractivity contribution is 7.99. The van der Waals surface area contributed by atoms with E-state index in [2.05, 4.69) is 22.0 Å². The van der Waals surface area contributed by atoms with Gasteiger partial charge in [-0.05, 0) is 68.4 Å². The second-order valence-corrected chi connectivity index (χ2v) is 9.20. The smallest absolute Gasteiger partial charge is 0.247 e. The average Bonchev–Trinajstić information content (AvgIpc) is 3.02. The Balaban J connectivity index is 1.29. The van der Waals surface area contributed by atoms with Gasteiger partial charge in [0.05, 0.1) is 5.75 Å². The van der Waals surface area contributed by atoms with Crippen molar-refractivity contribution in [1.29, 1.82) is 0 Å². The van der Waals surface area contributed by atoms with E-state index < -0.39 is 0 Å². The summed E-state index contributed by atoms with van der Waals surface area (Å²) in [6.07, 6.45) is 8.76. The molecule has 4 fully saturated rings. The molecule has 0 aliphatic heterocycles. The summed E-state index contributed by atoms with van der Waals surface area (Å²) in [6.45, 7) is 0. The molecule has 0 saturated heterocycles. The first-order valence-electron chi connectivity index (χ1n) is 8.80. The van der Waals surface area contributed by atoms with E-state index in [9.17, 15) is 0 Å². The predicted molar refractivity (Wildman–Crippen MR) is 91.9 cm³/mol. The zero-order valence-electron chi connectivity index (χ0n) is 13.3. The van der Waals surface area contributed by atoms with Crippen LogP contribution in [0.15, 0.2) is 34.7 Å². The van der Waals surface area contributed by atoms with Gasteiger partial charge in [-0.15, -0.1) is 22.0 Å². The Bertz CT molecular complexity index is 661. The van der Waals surface area contributed by atoms with E-state index in [-0.39, 0.29) is 0 Å². The molecule has 0 unspecified atom stereocenters. The lowest BCUT2D eigenvalue weighted by Gasteiger charge is -2.56. The largest absolute Gasteiger partial charge is 0.420 e. The van der Waals surface area contributed by atoms with Crippen LogP contribution in [0.3, 0.4) is 0 Å². The lowest BCUT2D eigenvalue weighted by molar-refractivity contribution is 0.0382. The minimum Gasteiger partial charge on any atom is -0.420 e. The quantitative estimate of drug-likeness (QED) is 0.798. The highest BCUT2D eigenvalue weighted by Crippen LogP contribution is 2.61. The molecule has 0 atom stereocenters. The molecule has 4 saturated carbocycles. The van der Waals surface area contributed by atoms with E-state index in [1.165, 1.54) is 38.5 Å². The van der Waals surface area contributed by atoms with E-state index in [1.54, 1.807) is 0 Å². The molecule has 23 heavy (non-hydrogen) atoms. The summed E-state index contributed by atoms with van der Waals surface area (Å²) in [5.74, 6) is 5.28. The Kier molecular flexibility index (Phi) is 3.29. The molecule has 4 heteroatoms. The van der Waals surface area contributed by atoms with E-state index in [4.69, 9.17) is 4.42 Å². The van der Waals surface area contributed by atoms with Crippen LogP contribution >= 0.6 is 11.8 Å². The van der Waals surface area contributed by atoms with E-state index in [0.717, 1.165) is 35.0 Å². The van der Waals surface area contributed by atoms with E-state index >= 15 is 0 Å². The number of rotatable bonds is 4. The second kappa shape index (κ2) is 5.37. The molecule has 4 aliphatic carbocycles. The maximum atomic E-state index is 5.89. The summed E-state index contributed by atoms with van der Waals surface area (Å²) in [6, 6.07) is 10.0. The molecule has 3 nitrogen and oxygen atoms in total. The van der Waals surface area contributed by atoms with Gasteiger partial charge in [0.25, 0.3) is 0 Å². The Labute approximate surface area is 141 Å². The van der Waals surface area contributed by atoms with Crippen molar-refractivity contribution >= 4 is 11.8 Å². The van der Waals surface area contributed by atoms with Crippen LogP contribution in [0.2, 0.25) is 0 Å². The number of hydrogen-bond donors (Lipinski definition) is 0. The number of hydrogen-bond acceptors (Lipinski definition) is 4. The molecular weight excluding hydrogens is 304 g/mol. The lowest BCUT2D eigenvalue weighted by Crippen LogP contribution is -2.48. The molecule has 6 rings (SSSR count). The predicted octanol–water partition coefficient (Wildman–Crippen LogP) is 4.94. The Morgan fingerprint density at radius 2 is 1.61 bits per heavy atom. The third-order valence-corrected chi connectivity index (χ3v) is 7.48. The second-order valence-electron chi connectivity index (χ2n) is 7.76. The number of thioether (sulfide) groups is 1. The van der Waals surface area contributed by atoms with Crippen LogP contribution in [-0.4, -0.2) is 14.9 Å². The molecule has 0 radical (unpaired) electrons. The Morgan fingerprint density at radius 3 is 2.26 bits per heavy atom. The molecule has 0 spiro atoms. The summed E-state index contributed by atoms with van der Waals surface area (Å²) in [7, 11) is 0. The SMILES string of the molecule is c1ccc(-c2nnc(CSC34CC5CC(CC(C5)C3)C4)o2)cc1. The first-order valence-corrected chi connectivity index (χ1v) is 9.78. The summed E-state index contributed by atoms with van der Waals surface area (Å²) < 4.78 is 6.40. The molecule has 1 aromatic heterocycles. The van der Waals surface area contributed by atoms with Crippen molar-refractivity contribution in [2.75, 3.05) is 0 Å². The molecule has 1 heterocycles. The van der Waals surface area contributed by atoms with Crippen LogP contribution in [0.5, 0.6) is 0 Å². The van der Waals surface area contributed by atoms with Gasteiger partial charge >= 0.3 is 0 Å². The number of aromatic nitrogens is 2. The van der Waals surface area contributed by atoms with Crippen molar-refractivity contribution < 1.29 is 4.42 Å². The van der Waals surface area contributed by atoms with Gasteiger partial charge in [-0.1, -0.05) is 18.2 Å². The van der Waals surface area contributed by atoms with Gasteiger partial charge < -0.3 is 4.42 Å². The minimum atomic E-state index is 0.510. The van der Waals surface area contributed by atoms with Crippen molar-refractivity contribution in [3.05, 3.63) is 36.2 Å². The van der Waals surface area contributed by atoms with Crippen molar-refractivity contribution in [2.45, 2.75) is 49.0 Å². The van der Waals surface area contributed by atoms with Gasteiger partial charge in [0, 0.05) is 10.3 Å². The Hall–Kier alpha value is -1.29. The van der Waals surface area contributed by atoms with Crippen LogP contribution in [0.25, 0.3) is 11.5 Å². The van der Waals surface area contributed by atoms with Crippen molar-refractivity contribution in [2.24, 2.45) is 17.8 Å². The monoisotopic (exact) mass is 326 g/mol. The number of benzene rings is 1. The Morgan fingerprint density at radius 1 is 0.957 bits per heavy atom. The third-order valence-electron chi connectivity index (χ3n) is 5.97. The van der Waals surface area contributed by atoms with Crippen LogP contribution < -0.4 is 0 Å². The fraction of sp³-hybridized carbons (Fsp3) is 0.579. The molecule has 0 amide bonds. The number of nitrogens with zero attached hydrogens (tertiary/aromatic N) is 2. The average molecular weight is 326 g/mol. The fourth-order valence-corrected chi connectivity index (χ4v) is 7.04. The third kappa shape index (κ3) is 2.61. The van der Waals surface area contributed by atoms with E-state index in [0.29, 0.717) is 10.6 Å². The van der Waals surface area contributed by atoms with Crippen molar-refractivity contribution in [3.8, 4) is 11.5 Å². The molecule has 2 aromatic rings. The maximum absolute atomic E-state index is 5.89. The van der Waals surface area contributed by atoms with Crippen molar-refractivity contribution in [1.82, 2.24) is 10.2 Å². The molecule has 4 bridgehead atoms. The topological polar surface area (TPSA) is 38.9 Å². The van der Waals surface area contributed by atoms with Gasteiger partial charge in [0.1, 0.15) is 0 Å². The first-order chi connectivity index (χ1) is 11.3. The van der Waals surface area contributed by atoms with Crippen LogP contribution in [0.4, 0.5) is 0 Å². The maximum Gasteiger partial charge on any atom is 0.247 e. The van der Waals surface area contributed by atoms with Gasteiger partial charge in [-0.3, -0.25) is 0 Å². The standard InChI is InChI=1S/C19H22N2OS/c1-2-4-16(5-3-1)18-21-20-17(22-18)12-23-19-9-13-6-14(10-19)8-15(7-13)11-19/h1-5,13-15H,6-12H2. The summed E-state index contributed by atoms with van der Waals surface area (Å²) in [5, 5.41) is 8.49. The van der Waals surface area contributed by atoms with E-state index in [1.807, 2.05) is 30.3 Å². The zero-order valence-corrected chi connectivity index (χ0v) is 14.1. The summed E-state index contributed by atoms with van der Waals surface area (Å²) in [5.41, 5.74) is 1.01. The van der Waals surface area contributed by atoms with Crippen molar-refractivity contribution in [3.63, 3.8) is 0 Å².